The second-order valence-corrected chi connectivity index (χ2v) is 6.85. The van der Waals surface area contributed by atoms with Crippen molar-refractivity contribution in [2.24, 2.45) is 4.99 Å². The Labute approximate surface area is 163 Å². The number of halogens is 1. The van der Waals surface area contributed by atoms with Crippen LogP contribution in [0.4, 0.5) is 5.69 Å². The quantitative estimate of drug-likeness (QED) is 0.348. The Bertz CT molecular complexity index is 905. The first-order chi connectivity index (χ1) is 12.7. The van der Waals surface area contributed by atoms with Crippen LogP contribution in [0.2, 0.25) is 5.02 Å². The van der Waals surface area contributed by atoms with E-state index in [-0.39, 0.29) is 0 Å². The van der Waals surface area contributed by atoms with Crippen LogP contribution in [-0.2, 0) is 0 Å². The summed E-state index contributed by atoms with van der Waals surface area (Å²) in [4.78, 5) is 5.91. The Morgan fingerprint density at radius 1 is 0.962 bits per heavy atom. The molecule has 0 atom stereocenters. The largest absolute Gasteiger partial charge is 0.497 e. The molecule has 0 amide bonds. The van der Waals surface area contributed by atoms with Gasteiger partial charge in [-0.2, -0.15) is 0 Å². The van der Waals surface area contributed by atoms with Crippen molar-refractivity contribution in [1.29, 1.82) is 0 Å². The second-order valence-electron chi connectivity index (χ2n) is 5.44. The molecule has 3 aromatic carbocycles. The van der Waals surface area contributed by atoms with E-state index < -0.39 is 0 Å². The number of aliphatic imine (C=N–C) groups is 1. The highest BCUT2D eigenvalue weighted by atomic mass is 35.5. The van der Waals surface area contributed by atoms with Crippen LogP contribution in [0.3, 0.4) is 0 Å². The van der Waals surface area contributed by atoms with E-state index >= 15 is 0 Å². The minimum absolute atomic E-state index is 0.737. The van der Waals surface area contributed by atoms with E-state index in [1.807, 2.05) is 90.3 Å². The topological polar surface area (TPSA) is 21.6 Å². The fourth-order valence-electron chi connectivity index (χ4n) is 2.31. The van der Waals surface area contributed by atoms with Crippen molar-refractivity contribution in [3.63, 3.8) is 0 Å². The number of benzene rings is 3. The van der Waals surface area contributed by atoms with Gasteiger partial charge in [0.05, 0.1) is 18.5 Å². The van der Waals surface area contributed by atoms with E-state index in [2.05, 4.69) is 0 Å². The van der Waals surface area contributed by atoms with E-state index in [9.17, 15) is 0 Å². The van der Waals surface area contributed by atoms with Crippen molar-refractivity contribution < 1.29 is 4.74 Å². The number of thioether (sulfide) groups is 1. The normalized spacial score (nSPS) is 11.7. The van der Waals surface area contributed by atoms with E-state index in [0.717, 1.165) is 32.6 Å². The summed E-state index contributed by atoms with van der Waals surface area (Å²) in [6.07, 6.45) is 2.01. The third-order valence-electron chi connectivity index (χ3n) is 3.61. The standard InChI is InChI=1S/C22H18ClNOS/c1-25-20-9-5-6-17(16-20)22(24-19-7-3-2-4-8-19)14-15-26-21-12-10-18(23)11-13-21/h2-16H,1H3. The molecule has 0 heterocycles. The van der Waals surface area contributed by atoms with Gasteiger partial charge in [0.2, 0.25) is 0 Å². The van der Waals surface area contributed by atoms with Gasteiger partial charge in [0.25, 0.3) is 0 Å². The van der Waals surface area contributed by atoms with Crippen LogP contribution in [0.1, 0.15) is 5.56 Å². The molecular formula is C22H18ClNOS. The molecule has 0 unspecified atom stereocenters. The van der Waals surface area contributed by atoms with E-state index in [1.54, 1.807) is 18.9 Å². The molecule has 130 valence electrons. The smallest absolute Gasteiger partial charge is 0.119 e. The summed E-state index contributed by atoms with van der Waals surface area (Å²) < 4.78 is 5.34. The number of rotatable bonds is 6. The second kappa shape index (κ2) is 9.27. The summed E-state index contributed by atoms with van der Waals surface area (Å²) in [6, 6.07) is 25.6. The zero-order valence-corrected chi connectivity index (χ0v) is 15.9. The lowest BCUT2D eigenvalue weighted by Crippen LogP contribution is -1.97. The van der Waals surface area contributed by atoms with Crippen molar-refractivity contribution >= 4 is 34.8 Å². The molecule has 3 rings (SSSR count). The SMILES string of the molecule is COc1cccc(C(C=CSc2ccc(Cl)cc2)=Nc2ccccc2)c1. The van der Waals surface area contributed by atoms with Gasteiger partial charge in [0.15, 0.2) is 0 Å². The van der Waals surface area contributed by atoms with Crippen LogP contribution < -0.4 is 4.74 Å². The molecule has 3 aromatic rings. The first kappa shape index (κ1) is 18.3. The fourth-order valence-corrected chi connectivity index (χ4v) is 3.09. The number of hydrogen-bond acceptors (Lipinski definition) is 3. The predicted octanol–water partition coefficient (Wildman–Crippen LogP) is 6.78. The Balaban J connectivity index is 1.88. The van der Waals surface area contributed by atoms with Crippen molar-refractivity contribution in [3.05, 3.63) is 101 Å². The maximum absolute atomic E-state index is 5.94. The van der Waals surface area contributed by atoms with Crippen LogP contribution in [0.15, 0.2) is 100 Å². The van der Waals surface area contributed by atoms with E-state index in [4.69, 9.17) is 21.3 Å². The summed E-state index contributed by atoms with van der Waals surface area (Å²) in [7, 11) is 1.67. The van der Waals surface area contributed by atoms with Crippen LogP contribution >= 0.6 is 23.4 Å². The molecule has 0 aliphatic heterocycles. The van der Waals surface area contributed by atoms with E-state index in [1.165, 1.54) is 0 Å². The van der Waals surface area contributed by atoms with Crippen molar-refractivity contribution in [1.82, 2.24) is 0 Å². The molecule has 0 aromatic heterocycles. The summed E-state index contributed by atoms with van der Waals surface area (Å²) >= 11 is 7.56. The third-order valence-corrected chi connectivity index (χ3v) is 4.68. The molecule has 0 radical (unpaired) electrons. The van der Waals surface area contributed by atoms with Gasteiger partial charge in [0, 0.05) is 15.5 Å². The minimum Gasteiger partial charge on any atom is -0.497 e. The minimum atomic E-state index is 0.737. The molecule has 0 saturated heterocycles. The highest BCUT2D eigenvalue weighted by molar-refractivity contribution is 8.02. The fraction of sp³-hybridized carbons (Fsp3) is 0.0455. The first-order valence-electron chi connectivity index (χ1n) is 8.11. The molecule has 0 bridgehead atoms. The van der Waals surface area contributed by atoms with Crippen molar-refractivity contribution in [2.45, 2.75) is 4.90 Å². The molecule has 0 aliphatic carbocycles. The molecule has 0 N–H and O–H groups in total. The summed E-state index contributed by atoms with van der Waals surface area (Å²) in [5.74, 6) is 0.807. The maximum Gasteiger partial charge on any atom is 0.119 e. The van der Waals surface area contributed by atoms with Crippen molar-refractivity contribution in [2.75, 3.05) is 7.11 Å². The molecule has 2 nitrogen and oxygen atoms in total. The number of ether oxygens (including phenoxy) is 1. The highest BCUT2D eigenvalue weighted by Gasteiger charge is 2.03. The van der Waals surface area contributed by atoms with Gasteiger partial charge in [0.1, 0.15) is 5.75 Å². The van der Waals surface area contributed by atoms with E-state index in [0.29, 0.717) is 0 Å². The lowest BCUT2D eigenvalue weighted by molar-refractivity contribution is 0.414. The molecule has 0 spiro atoms. The third kappa shape index (κ3) is 5.25. The lowest BCUT2D eigenvalue weighted by atomic mass is 10.1. The van der Waals surface area contributed by atoms with Gasteiger partial charge in [-0.15, -0.1) is 0 Å². The average Bonchev–Trinajstić information content (AvgIpc) is 2.69. The average molecular weight is 380 g/mol. The molecule has 0 saturated carbocycles. The van der Waals surface area contributed by atoms with Gasteiger partial charge < -0.3 is 4.74 Å². The Hall–Kier alpha value is -2.49. The first-order valence-corrected chi connectivity index (χ1v) is 9.37. The number of hydrogen-bond donors (Lipinski definition) is 0. The lowest BCUT2D eigenvalue weighted by Gasteiger charge is -2.06. The van der Waals surface area contributed by atoms with Crippen molar-refractivity contribution in [3.8, 4) is 5.75 Å². The predicted molar refractivity (Wildman–Crippen MR) is 112 cm³/mol. The zero-order chi connectivity index (χ0) is 18.2. The number of nitrogens with zero attached hydrogens (tertiary/aromatic N) is 1. The van der Waals surface area contributed by atoms with Crippen LogP contribution in [0.5, 0.6) is 5.75 Å². The van der Waals surface area contributed by atoms with Gasteiger partial charge in [-0.05, 0) is 60.0 Å². The summed E-state index contributed by atoms with van der Waals surface area (Å²) in [5, 5.41) is 2.77. The van der Waals surface area contributed by atoms with Crippen LogP contribution in [0, 0.1) is 0 Å². The number of allylic oxidation sites excluding steroid dienone is 1. The summed E-state index contributed by atoms with van der Waals surface area (Å²) in [5.41, 5.74) is 2.78. The Kier molecular flexibility index (Phi) is 6.53. The van der Waals surface area contributed by atoms with Gasteiger partial charge in [-0.25, -0.2) is 4.99 Å². The Morgan fingerprint density at radius 3 is 2.46 bits per heavy atom. The zero-order valence-electron chi connectivity index (χ0n) is 14.3. The molecule has 0 aliphatic rings. The molecule has 0 fully saturated rings. The summed E-state index contributed by atoms with van der Waals surface area (Å²) in [6.45, 7) is 0. The highest BCUT2D eigenvalue weighted by Crippen LogP contribution is 2.23. The van der Waals surface area contributed by atoms with Gasteiger partial charge in [-0.3, -0.25) is 0 Å². The van der Waals surface area contributed by atoms with Crippen LogP contribution in [-0.4, -0.2) is 12.8 Å². The number of para-hydroxylation sites is 1. The number of methoxy groups -OCH3 is 1. The maximum atomic E-state index is 5.94. The van der Waals surface area contributed by atoms with Gasteiger partial charge >= 0.3 is 0 Å². The molecule has 26 heavy (non-hydrogen) atoms. The van der Waals surface area contributed by atoms with Gasteiger partial charge in [-0.1, -0.05) is 53.7 Å². The molecule has 4 heteroatoms. The molecular weight excluding hydrogens is 362 g/mol. The Morgan fingerprint density at radius 2 is 1.73 bits per heavy atom. The monoisotopic (exact) mass is 379 g/mol. The van der Waals surface area contributed by atoms with Crippen LogP contribution in [0.25, 0.3) is 0 Å².